The molecule has 0 aliphatic heterocycles. The first kappa shape index (κ1) is 25.4. The number of halogens is 4. The van der Waals surface area contributed by atoms with Gasteiger partial charge in [0.25, 0.3) is 5.91 Å². The maximum Gasteiger partial charge on any atom is 0.273 e. The zero-order valence-corrected chi connectivity index (χ0v) is 18.7. The van der Waals surface area contributed by atoms with Crippen LogP contribution < -0.4 is 5.73 Å². The van der Waals surface area contributed by atoms with Crippen molar-refractivity contribution in [3.05, 3.63) is 39.3 Å². The second-order valence-electron chi connectivity index (χ2n) is 6.09. The molecule has 0 bridgehead atoms. The van der Waals surface area contributed by atoms with E-state index < -0.39 is 0 Å². The number of benzene rings is 1. The standard InChI is InChI=1S/C17H21Cl2N3OS.2ClH/c1-10(2)14(20)6-7-22(3)17(23)15-9-24-16(21-15)12-5-4-11(18)8-13(12)19;;/h4-5,8-10,14H,6-7,20H2,1-3H3;2*1H. The van der Waals surface area contributed by atoms with Gasteiger partial charge in [-0.1, -0.05) is 37.0 Å². The van der Waals surface area contributed by atoms with E-state index in [4.69, 9.17) is 28.9 Å². The minimum absolute atomic E-state index is 0. The zero-order valence-electron chi connectivity index (χ0n) is 14.7. The van der Waals surface area contributed by atoms with E-state index in [0.29, 0.717) is 33.2 Å². The summed E-state index contributed by atoms with van der Waals surface area (Å²) in [6.45, 7) is 4.76. The van der Waals surface area contributed by atoms with Crippen LogP contribution in [-0.2, 0) is 0 Å². The monoisotopic (exact) mass is 457 g/mol. The van der Waals surface area contributed by atoms with E-state index in [2.05, 4.69) is 18.8 Å². The van der Waals surface area contributed by atoms with Crippen LogP contribution in [-0.4, -0.2) is 35.4 Å². The molecule has 1 aromatic carbocycles. The minimum Gasteiger partial charge on any atom is -0.340 e. The van der Waals surface area contributed by atoms with Crippen molar-refractivity contribution in [3.8, 4) is 10.6 Å². The van der Waals surface area contributed by atoms with Gasteiger partial charge >= 0.3 is 0 Å². The highest BCUT2D eigenvalue weighted by atomic mass is 35.5. The average Bonchev–Trinajstić information content (AvgIpc) is 3.00. The summed E-state index contributed by atoms with van der Waals surface area (Å²) in [5.74, 6) is 0.282. The molecule has 4 nitrogen and oxygen atoms in total. The summed E-state index contributed by atoms with van der Waals surface area (Å²) in [6, 6.07) is 5.31. The maximum atomic E-state index is 12.5. The predicted octanol–water partition coefficient (Wildman–Crippen LogP) is 5.41. The summed E-state index contributed by atoms with van der Waals surface area (Å²) < 4.78 is 0. The normalized spacial score (nSPS) is 11.5. The lowest BCUT2D eigenvalue weighted by Crippen LogP contribution is -2.34. The lowest BCUT2D eigenvalue weighted by molar-refractivity contribution is 0.0784. The van der Waals surface area contributed by atoms with Crippen LogP contribution in [0.15, 0.2) is 23.6 Å². The van der Waals surface area contributed by atoms with Crippen molar-refractivity contribution in [2.45, 2.75) is 26.3 Å². The van der Waals surface area contributed by atoms with Crippen molar-refractivity contribution in [2.75, 3.05) is 13.6 Å². The van der Waals surface area contributed by atoms with E-state index in [0.717, 1.165) is 12.0 Å². The molecule has 0 saturated heterocycles. The second-order valence-corrected chi connectivity index (χ2v) is 7.79. The lowest BCUT2D eigenvalue weighted by atomic mass is 10.0. The van der Waals surface area contributed by atoms with Crippen molar-refractivity contribution in [1.82, 2.24) is 9.88 Å². The lowest BCUT2D eigenvalue weighted by Gasteiger charge is -2.20. The summed E-state index contributed by atoms with van der Waals surface area (Å²) in [5.41, 5.74) is 7.23. The Morgan fingerprint density at radius 1 is 1.31 bits per heavy atom. The Balaban J connectivity index is 0.00000312. The molecular weight excluding hydrogens is 436 g/mol. The molecule has 2 N–H and O–H groups in total. The third-order valence-corrected chi connectivity index (χ3v) is 5.31. The van der Waals surface area contributed by atoms with Crippen molar-refractivity contribution >= 4 is 65.3 Å². The van der Waals surface area contributed by atoms with Gasteiger partial charge in [0.2, 0.25) is 0 Å². The molecule has 0 aliphatic rings. The number of carbonyl (C=O) groups excluding carboxylic acids is 1. The van der Waals surface area contributed by atoms with E-state index in [1.54, 1.807) is 29.5 Å². The van der Waals surface area contributed by atoms with Gasteiger partial charge in [0.1, 0.15) is 10.7 Å². The second kappa shape index (κ2) is 11.3. The van der Waals surface area contributed by atoms with Crippen molar-refractivity contribution in [3.63, 3.8) is 0 Å². The van der Waals surface area contributed by atoms with Crippen molar-refractivity contribution in [1.29, 1.82) is 0 Å². The van der Waals surface area contributed by atoms with Crippen LogP contribution in [0.1, 0.15) is 30.8 Å². The van der Waals surface area contributed by atoms with Gasteiger partial charge in [-0.2, -0.15) is 0 Å². The number of hydrogen-bond donors (Lipinski definition) is 1. The first-order valence-electron chi connectivity index (χ1n) is 7.71. The largest absolute Gasteiger partial charge is 0.340 e. The van der Waals surface area contributed by atoms with Gasteiger partial charge < -0.3 is 10.6 Å². The van der Waals surface area contributed by atoms with Gasteiger partial charge in [0.05, 0.1) is 5.02 Å². The zero-order chi connectivity index (χ0) is 17.9. The number of rotatable bonds is 6. The smallest absolute Gasteiger partial charge is 0.273 e. The van der Waals surface area contributed by atoms with E-state index in [9.17, 15) is 4.79 Å². The molecule has 0 saturated carbocycles. The molecule has 1 unspecified atom stereocenters. The molecule has 9 heteroatoms. The highest BCUT2D eigenvalue weighted by Gasteiger charge is 2.18. The average molecular weight is 459 g/mol. The Morgan fingerprint density at radius 3 is 2.54 bits per heavy atom. The molecule has 0 aliphatic carbocycles. The van der Waals surface area contributed by atoms with Gasteiger partial charge in [0, 0.05) is 35.6 Å². The summed E-state index contributed by atoms with van der Waals surface area (Å²) in [4.78, 5) is 18.6. The van der Waals surface area contributed by atoms with Crippen LogP contribution in [0.2, 0.25) is 10.0 Å². The number of carbonyl (C=O) groups is 1. The minimum atomic E-state index is -0.112. The molecule has 1 atom stereocenters. The van der Waals surface area contributed by atoms with Crippen LogP contribution >= 0.6 is 59.4 Å². The van der Waals surface area contributed by atoms with Gasteiger partial charge in [-0.05, 0) is 30.5 Å². The van der Waals surface area contributed by atoms with Crippen LogP contribution in [0.25, 0.3) is 10.6 Å². The Morgan fingerprint density at radius 2 is 1.96 bits per heavy atom. The van der Waals surface area contributed by atoms with E-state index in [1.807, 2.05) is 6.07 Å². The van der Waals surface area contributed by atoms with Gasteiger partial charge in [-0.25, -0.2) is 4.98 Å². The molecule has 0 radical (unpaired) electrons. The van der Waals surface area contributed by atoms with Gasteiger partial charge in [-0.15, -0.1) is 36.2 Å². The number of nitrogens with zero attached hydrogens (tertiary/aromatic N) is 2. The Hall–Kier alpha value is -0.560. The predicted molar refractivity (Wildman–Crippen MR) is 116 cm³/mol. The number of hydrogen-bond acceptors (Lipinski definition) is 4. The first-order valence-corrected chi connectivity index (χ1v) is 9.35. The molecule has 2 aromatic rings. The molecule has 1 amide bonds. The molecule has 1 heterocycles. The third kappa shape index (κ3) is 6.55. The van der Waals surface area contributed by atoms with E-state index >= 15 is 0 Å². The number of nitrogens with two attached hydrogens (primary N) is 1. The molecule has 0 spiro atoms. The number of aromatic nitrogens is 1. The fraction of sp³-hybridized carbons (Fsp3) is 0.412. The SMILES string of the molecule is CC(C)C(N)CCN(C)C(=O)c1csc(-c2ccc(Cl)cc2Cl)n1.Cl.Cl. The Bertz CT molecular complexity index is 724. The molecule has 2 rings (SSSR count). The van der Waals surface area contributed by atoms with Crippen molar-refractivity contribution < 1.29 is 4.79 Å². The topological polar surface area (TPSA) is 59.2 Å². The molecule has 1 aromatic heterocycles. The molecule has 0 fully saturated rings. The fourth-order valence-corrected chi connectivity index (χ4v) is 3.52. The van der Waals surface area contributed by atoms with Crippen LogP contribution in [0.4, 0.5) is 0 Å². The molecule has 26 heavy (non-hydrogen) atoms. The van der Waals surface area contributed by atoms with Crippen LogP contribution in [0, 0.1) is 5.92 Å². The highest BCUT2D eigenvalue weighted by Crippen LogP contribution is 2.32. The number of amides is 1. The molecule has 146 valence electrons. The summed E-state index contributed by atoms with van der Waals surface area (Å²) in [5, 5.41) is 3.54. The van der Waals surface area contributed by atoms with Crippen molar-refractivity contribution in [2.24, 2.45) is 11.7 Å². The Labute approximate surface area is 180 Å². The van der Waals surface area contributed by atoms with Crippen LogP contribution in [0.3, 0.4) is 0 Å². The quantitative estimate of drug-likeness (QED) is 0.629. The van der Waals surface area contributed by atoms with E-state index in [1.165, 1.54) is 11.3 Å². The van der Waals surface area contributed by atoms with Gasteiger partial charge in [-0.3, -0.25) is 4.79 Å². The van der Waals surface area contributed by atoms with Gasteiger partial charge in [0.15, 0.2) is 0 Å². The summed E-state index contributed by atoms with van der Waals surface area (Å²) in [6.07, 6.45) is 0.764. The summed E-state index contributed by atoms with van der Waals surface area (Å²) in [7, 11) is 1.77. The maximum absolute atomic E-state index is 12.5. The number of thiazole rings is 1. The fourth-order valence-electron chi connectivity index (χ4n) is 2.13. The Kier molecular flexibility index (Phi) is 11.1. The molecular formula is C17H23Cl4N3OS. The van der Waals surface area contributed by atoms with Crippen LogP contribution in [0.5, 0.6) is 0 Å². The van der Waals surface area contributed by atoms with E-state index in [-0.39, 0.29) is 36.8 Å². The highest BCUT2D eigenvalue weighted by molar-refractivity contribution is 7.13. The first-order chi connectivity index (χ1) is 11.3. The summed E-state index contributed by atoms with van der Waals surface area (Å²) >= 11 is 13.5. The third-order valence-electron chi connectivity index (χ3n) is 3.89.